The minimum absolute atomic E-state index is 0.174. The van der Waals surface area contributed by atoms with Crippen molar-refractivity contribution in [3.8, 4) is 46.4 Å². The molecular formula is C93H94N16O10. The predicted molar refractivity (Wildman–Crippen MR) is 470 cm³/mol. The van der Waals surface area contributed by atoms with Crippen LogP contribution in [0.3, 0.4) is 0 Å². The lowest BCUT2D eigenvalue weighted by Crippen LogP contribution is -2.05. The molecule has 1 aromatic carbocycles. The summed E-state index contributed by atoms with van der Waals surface area (Å²) in [6.07, 6.45) is 25.1. The molecule has 606 valence electrons. The molecule has 9 aromatic heterocycles. The normalized spacial score (nSPS) is 13.7. The molecule has 0 saturated heterocycles. The van der Waals surface area contributed by atoms with Crippen LogP contribution in [-0.4, -0.2) is 85.9 Å². The van der Waals surface area contributed by atoms with Crippen LogP contribution in [0.15, 0.2) is 213 Å². The van der Waals surface area contributed by atoms with E-state index in [1.54, 1.807) is 50.4 Å². The van der Waals surface area contributed by atoms with E-state index in [0.717, 1.165) is 148 Å². The van der Waals surface area contributed by atoms with Crippen LogP contribution in [0, 0.1) is 118 Å². The molecule has 0 saturated carbocycles. The molecule has 8 aliphatic rings. The maximum atomic E-state index is 10.7. The third kappa shape index (κ3) is 21.5. The lowest BCUT2D eigenvalue weighted by Gasteiger charge is -2.20. The number of rotatable bonds is 0. The van der Waals surface area contributed by atoms with Gasteiger partial charge in [0, 0.05) is 64.1 Å². The Kier molecular flexibility index (Phi) is 27.5. The van der Waals surface area contributed by atoms with Gasteiger partial charge < -0.3 is 42.3 Å². The molecule has 10 aromatic rings. The molecule has 0 unspecified atom stereocenters. The second-order valence-corrected chi connectivity index (χ2v) is 28.5. The molecule has 0 aliphatic carbocycles. The summed E-state index contributed by atoms with van der Waals surface area (Å²) in [5.74, 6) is 11.3. The van der Waals surface area contributed by atoms with Gasteiger partial charge in [-0.15, -0.1) is 0 Å². The monoisotopic (exact) mass is 1590 g/mol. The highest BCUT2D eigenvalue weighted by Gasteiger charge is 2.24. The molecule has 0 bridgehead atoms. The summed E-state index contributed by atoms with van der Waals surface area (Å²) in [5.41, 5.74) is 27.7. The maximum Gasteiger partial charge on any atom is 0.356 e. The van der Waals surface area contributed by atoms with Gasteiger partial charge >= 0.3 is 5.63 Å². The van der Waals surface area contributed by atoms with Gasteiger partial charge in [-0.25, -0.2) is 69.6 Å². The van der Waals surface area contributed by atoms with E-state index in [1.165, 1.54) is 45.9 Å². The zero-order valence-electron chi connectivity index (χ0n) is 70.8. The molecule has 8 aliphatic heterocycles. The summed E-state index contributed by atoms with van der Waals surface area (Å²) >= 11 is 0. The first-order chi connectivity index (χ1) is 56.4. The van der Waals surface area contributed by atoms with E-state index < -0.39 is 5.63 Å². The molecule has 0 radical (unpaired) electrons. The number of ether oxygens (including phenoxy) is 8. The van der Waals surface area contributed by atoms with Gasteiger partial charge in [-0.05, 0) is 236 Å². The average molecular weight is 1600 g/mol. The number of fused-ring (bicyclic) bond motifs is 9. The Bertz CT molecular complexity index is 6190. The van der Waals surface area contributed by atoms with Crippen molar-refractivity contribution >= 4 is 87.7 Å². The average Bonchev–Trinajstić information content (AvgIpc) is 0.774. The Balaban J connectivity index is 0.000000141. The number of aromatic nitrogens is 11. The van der Waals surface area contributed by atoms with Crippen LogP contribution in [0.1, 0.15) is 133 Å². The molecule has 0 N–H and O–H groups in total. The quantitative estimate of drug-likeness (QED) is 0.136. The van der Waals surface area contributed by atoms with Crippen LogP contribution >= 0.6 is 0 Å². The van der Waals surface area contributed by atoms with Crippen LogP contribution in [-0.2, 0) is 0 Å². The molecule has 26 nitrogen and oxygen atoms in total. The zero-order chi connectivity index (χ0) is 86.5. The second kappa shape index (κ2) is 37.7. The van der Waals surface area contributed by atoms with Gasteiger partial charge in [0.1, 0.15) is 92.8 Å². The van der Waals surface area contributed by atoms with Gasteiger partial charge in [0.25, 0.3) is 5.71 Å². The van der Waals surface area contributed by atoms with Crippen molar-refractivity contribution in [2.45, 2.75) is 138 Å². The summed E-state index contributed by atoms with van der Waals surface area (Å²) in [5, 5.41) is 0. The molecule has 0 atom stereocenters. The van der Waals surface area contributed by atoms with Crippen molar-refractivity contribution in [2.75, 3.05) is 0 Å². The molecular weight excluding hydrogens is 1500 g/mol. The standard InChI is InChI=1S/4C12H13NO.3C10H10N2O.C8H7N3O.C7H5N3O2/c1-7-6-10(4)14-12-8(2)5-9(3)13-11(7)12;1-7-5-9(3)14-12-8(2)6-13-10(4)11(7)12;1-7-5-9(3)14-12-11(7)10(4)8(2)6-13-12;1-7-5-8(2)12-11(10(7)4)13-6-9(3)14-12;1-6-4-11-8(3)9-10(6)13-7(2)5-12-9;1-6-4-12-10-9(8(6)3)11-5-7(2)13-10;1-6-4-7(2)12-10-9(6)13-8(3)5-11-10;1-5-3-9-7-6(2)10-4-11-8(7)12-5;1-4-2-9-7-6(10-4)8-3-5(11)12-7/h5-6H,4H2,1-3H3;3*5-6H,3H2,1-2,4H3;2*4-5H,2H2,1,3H3;4-5H,3H2,1-2H3;3-4H,1H2,2H3;2-3H,1H3. The smallest absolute Gasteiger partial charge is 0.356 e. The van der Waals surface area contributed by atoms with E-state index in [0.29, 0.717) is 80.9 Å². The summed E-state index contributed by atoms with van der Waals surface area (Å²) in [4.78, 5) is 76.8. The van der Waals surface area contributed by atoms with Crippen LogP contribution in [0.25, 0.3) is 28.1 Å². The minimum Gasteiger partial charge on any atom is -0.457 e. The number of benzene rings is 1. The van der Waals surface area contributed by atoms with Crippen molar-refractivity contribution in [2.24, 2.45) is 25.0 Å². The highest BCUT2D eigenvalue weighted by atomic mass is 16.5. The number of pyridine rings is 6. The third-order valence-corrected chi connectivity index (χ3v) is 18.5. The van der Waals surface area contributed by atoms with Crippen molar-refractivity contribution < 1.29 is 42.3 Å². The molecule has 0 fully saturated rings. The van der Waals surface area contributed by atoms with E-state index in [9.17, 15) is 4.79 Å². The molecule has 119 heavy (non-hydrogen) atoms. The number of hydrogen-bond acceptors (Lipinski definition) is 26. The molecule has 0 amide bonds. The number of nitrogens with zero attached hydrogens (tertiary/aromatic N) is 16. The Labute approximate surface area is 692 Å². The zero-order valence-corrected chi connectivity index (χ0v) is 70.8. The van der Waals surface area contributed by atoms with Gasteiger partial charge in [0.05, 0.1) is 54.4 Å². The second-order valence-electron chi connectivity index (χ2n) is 28.5. The van der Waals surface area contributed by atoms with Crippen LogP contribution < -0.4 is 43.5 Å². The molecule has 0 spiro atoms. The van der Waals surface area contributed by atoms with Crippen LogP contribution in [0.4, 0.5) is 28.6 Å². The van der Waals surface area contributed by atoms with Crippen LogP contribution in [0.2, 0.25) is 0 Å². The topological polar surface area (TPSA) is 308 Å². The highest BCUT2D eigenvalue weighted by Crippen LogP contribution is 2.43. The maximum absolute atomic E-state index is 10.7. The highest BCUT2D eigenvalue weighted by molar-refractivity contribution is 5.87. The summed E-state index contributed by atoms with van der Waals surface area (Å²) in [7, 11) is 0. The van der Waals surface area contributed by atoms with Crippen molar-refractivity contribution in [1.82, 2.24) is 54.8 Å². The first-order valence-electron chi connectivity index (χ1n) is 37.5. The van der Waals surface area contributed by atoms with Crippen molar-refractivity contribution in [1.29, 1.82) is 0 Å². The number of aliphatic imine (C=N–C) groups is 5. The molecule has 26 heteroatoms. The largest absolute Gasteiger partial charge is 0.457 e. The fourth-order valence-corrected chi connectivity index (χ4v) is 12.3. The summed E-state index contributed by atoms with van der Waals surface area (Å²) in [6, 6.07) is 6.10. The van der Waals surface area contributed by atoms with Crippen molar-refractivity contribution in [3.05, 3.63) is 301 Å². The van der Waals surface area contributed by atoms with E-state index in [2.05, 4.69) is 180 Å². The Morgan fingerprint density at radius 2 is 0.739 bits per heavy atom. The number of aryl methyl sites for hydroxylation is 14. The summed E-state index contributed by atoms with van der Waals surface area (Å²) < 4.78 is 48.3. The van der Waals surface area contributed by atoms with E-state index in [-0.39, 0.29) is 5.71 Å². The SMILES string of the molecule is C=C1C=C(C)c2c(C)ncc(C)c2O1.C=C1C=C(C)c2c(ncc(C)c2C)O1.C=C1C=C(C)c2nc(C)cc(C)c2O1.C=C1C=Nc2c(C)c(C)cc(C)c2O1.C=C1C=Nc2c(C)ncc(C)c2O1.C=C1C=Nc2c(C)ncnc2O1.C=C1C=Nc2c(ncc(C)c2C)O1.C=C1C=Nc2nc(C)cc(C)c2O1.Cc1cnc2oc(=O)cnc2n1. The van der Waals surface area contributed by atoms with Gasteiger partial charge in [0.15, 0.2) is 28.8 Å². The number of hydrogen-bond donors (Lipinski definition) is 0. The molecule has 17 heterocycles. The lowest BCUT2D eigenvalue weighted by molar-refractivity contribution is 0.422. The van der Waals surface area contributed by atoms with Gasteiger partial charge in [-0.2, -0.15) is 4.98 Å². The number of allylic oxidation sites excluding steroid dienone is 11. The van der Waals surface area contributed by atoms with Gasteiger partial charge in [0.2, 0.25) is 23.3 Å². The fourth-order valence-electron chi connectivity index (χ4n) is 12.3. The fraction of sp³-hybridized carbons (Fsp3) is 0.215. The Hall–Kier alpha value is -14.7. The summed E-state index contributed by atoms with van der Waals surface area (Å²) in [6.45, 7) is 69.6. The minimum atomic E-state index is -0.513. The first-order valence-corrected chi connectivity index (χ1v) is 37.5. The predicted octanol–water partition coefficient (Wildman–Crippen LogP) is 20.8. The Morgan fingerprint density at radius 3 is 1.39 bits per heavy atom. The third-order valence-electron chi connectivity index (χ3n) is 18.5. The van der Waals surface area contributed by atoms with Crippen molar-refractivity contribution in [3.63, 3.8) is 0 Å². The van der Waals surface area contributed by atoms with Gasteiger partial charge in [-0.3, -0.25) is 9.97 Å². The molecule has 18 rings (SSSR count). The van der Waals surface area contributed by atoms with Crippen LogP contribution in [0.5, 0.6) is 46.4 Å². The van der Waals surface area contributed by atoms with Gasteiger partial charge in [-0.1, -0.05) is 58.7 Å². The Morgan fingerprint density at radius 1 is 0.294 bits per heavy atom. The van der Waals surface area contributed by atoms with E-state index in [1.807, 2.05) is 133 Å². The lowest BCUT2D eigenvalue weighted by atomic mass is 9.98. The first kappa shape index (κ1) is 86.7. The van der Waals surface area contributed by atoms with E-state index >= 15 is 0 Å². The van der Waals surface area contributed by atoms with E-state index in [4.69, 9.17) is 42.3 Å².